The monoisotopic (exact) mass is 294 g/mol. The predicted molar refractivity (Wildman–Crippen MR) is 83.1 cm³/mol. The summed E-state index contributed by atoms with van der Waals surface area (Å²) in [6, 6.07) is 0.675. The first-order valence-electron chi connectivity index (χ1n) is 7.88. The molecule has 1 unspecified atom stereocenters. The molecule has 1 atom stereocenters. The second-order valence-electron chi connectivity index (χ2n) is 5.40. The number of hydrogen-bond donors (Lipinski definition) is 3. The van der Waals surface area contributed by atoms with Crippen LogP contribution in [-0.2, 0) is 0 Å². The van der Waals surface area contributed by atoms with Crippen molar-refractivity contribution in [2.24, 2.45) is 11.8 Å². The van der Waals surface area contributed by atoms with E-state index in [1.54, 1.807) is 0 Å². The van der Waals surface area contributed by atoms with Gasteiger partial charge in [0.05, 0.1) is 6.61 Å². The summed E-state index contributed by atoms with van der Waals surface area (Å²) in [7, 11) is 0. The molecule has 7 heteroatoms. The van der Waals surface area contributed by atoms with Gasteiger partial charge in [0, 0.05) is 6.04 Å². The molecule has 0 aliphatic heterocycles. The van der Waals surface area contributed by atoms with E-state index in [9.17, 15) is 0 Å². The highest BCUT2D eigenvalue weighted by atomic mass is 16.5. The lowest BCUT2D eigenvalue weighted by atomic mass is 9.83. The van der Waals surface area contributed by atoms with Gasteiger partial charge in [-0.25, -0.2) is 5.84 Å². The summed E-state index contributed by atoms with van der Waals surface area (Å²) in [6.45, 7) is 4.59. The van der Waals surface area contributed by atoms with Crippen LogP contribution in [-0.4, -0.2) is 27.6 Å². The molecule has 1 fully saturated rings. The Morgan fingerprint density at radius 1 is 1.14 bits per heavy atom. The third-order valence-corrected chi connectivity index (χ3v) is 3.99. The number of hydrazine groups is 1. The van der Waals surface area contributed by atoms with E-state index in [1.807, 2.05) is 6.92 Å². The first-order valence-corrected chi connectivity index (χ1v) is 7.88. The molecule has 1 heterocycles. The van der Waals surface area contributed by atoms with Crippen molar-refractivity contribution in [3.05, 3.63) is 0 Å². The Bertz CT molecular complexity index is 435. The summed E-state index contributed by atoms with van der Waals surface area (Å²) in [4.78, 5) is 12.6. The summed E-state index contributed by atoms with van der Waals surface area (Å²) in [6.07, 6.45) is 7.59. The van der Waals surface area contributed by atoms with Crippen LogP contribution in [0.2, 0.25) is 0 Å². The molecule has 1 aromatic heterocycles. The maximum Gasteiger partial charge on any atom is 0.323 e. The van der Waals surface area contributed by atoms with Crippen molar-refractivity contribution in [1.82, 2.24) is 15.0 Å². The number of anilines is 2. The van der Waals surface area contributed by atoms with Crippen molar-refractivity contribution >= 4 is 11.9 Å². The lowest BCUT2D eigenvalue weighted by Crippen LogP contribution is -2.31. The van der Waals surface area contributed by atoms with Gasteiger partial charge in [0.1, 0.15) is 0 Å². The molecule has 21 heavy (non-hydrogen) atoms. The molecule has 1 aliphatic rings. The van der Waals surface area contributed by atoms with Gasteiger partial charge in [0.25, 0.3) is 0 Å². The third kappa shape index (κ3) is 4.42. The van der Waals surface area contributed by atoms with E-state index in [4.69, 9.17) is 10.6 Å². The number of nitrogens with zero attached hydrogens (tertiary/aromatic N) is 3. The van der Waals surface area contributed by atoms with Crippen molar-refractivity contribution in [2.45, 2.75) is 58.4 Å². The summed E-state index contributed by atoms with van der Waals surface area (Å²) in [5.74, 6) is 6.93. The second-order valence-corrected chi connectivity index (χ2v) is 5.40. The Morgan fingerprint density at radius 2 is 1.86 bits per heavy atom. The maximum absolute atomic E-state index is 5.40. The zero-order chi connectivity index (χ0) is 15.1. The molecule has 0 radical (unpaired) electrons. The molecular formula is C14H26N6O. The molecule has 7 nitrogen and oxygen atoms in total. The molecule has 118 valence electrons. The van der Waals surface area contributed by atoms with Crippen molar-refractivity contribution in [3.63, 3.8) is 0 Å². The Morgan fingerprint density at radius 3 is 2.48 bits per heavy atom. The standard InChI is InChI=1S/C14H26N6O/c1-3-11(10-8-6-5-7-9-10)16-12-17-13(20-15)19-14(18-12)21-4-2/h10-11H,3-9,15H2,1-2H3,(H2,16,17,18,19,20). The van der Waals surface area contributed by atoms with E-state index in [1.165, 1.54) is 32.1 Å². The highest BCUT2D eigenvalue weighted by molar-refractivity contribution is 5.35. The average molecular weight is 294 g/mol. The molecule has 1 aliphatic carbocycles. The van der Waals surface area contributed by atoms with Crippen molar-refractivity contribution < 1.29 is 4.74 Å². The Labute approximate surface area is 126 Å². The van der Waals surface area contributed by atoms with E-state index in [0.717, 1.165) is 6.42 Å². The molecule has 0 spiro atoms. The summed E-state index contributed by atoms with van der Waals surface area (Å²) < 4.78 is 5.35. The highest BCUT2D eigenvalue weighted by Crippen LogP contribution is 2.29. The molecule has 0 amide bonds. The van der Waals surface area contributed by atoms with Gasteiger partial charge in [-0.2, -0.15) is 15.0 Å². The van der Waals surface area contributed by atoms with Crippen molar-refractivity contribution in [2.75, 3.05) is 17.3 Å². The minimum Gasteiger partial charge on any atom is -0.464 e. The molecule has 0 bridgehead atoms. The van der Waals surface area contributed by atoms with Gasteiger partial charge in [0.15, 0.2) is 0 Å². The minimum atomic E-state index is 0.293. The number of nitrogens with two attached hydrogens (primary N) is 1. The van der Waals surface area contributed by atoms with Crippen LogP contribution in [0.5, 0.6) is 6.01 Å². The van der Waals surface area contributed by atoms with Crippen LogP contribution >= 0.6 is 0 Å². The van der Waals surface area contributed by atoms with Gasteiger partial charge in [-0.05, 0) is 32.1 Å². The number of ether oxygens (including phenoxy) is 1. The van der Waals surface area contributed by atoms with Gasteiger partial charge in [-0.3, -0.25) is 5.43 Å². The van der Waals surface area contributed by atoms with Gasteiger partial charge < -0.3 is 10.1 Å². The quantitative estimate of drug-likeness (QED) is 0.524. The van der Waals surface area contributed by atoms with Gasteiger partial charge in [-0.1, -0.05) is 26.2 Å². The molecule has 0 saturated heterocycles. The number of aromatic nitrogens is 3. The highest BCUT2D eigenvalue weighted by Gasteiger charge is 2.23. The zero-order valence-corrected chi connectivity index (χ0v) is 12.9. The fourth-order valence-electron chi connectivity index (χ4n) is 2.93. The van der Waals surface area contributed by atoms with Crippen LogP contribution in [0.3, 0.4) is 0 Å². The van der Waals surface area contributed by atoms with Gasteiger partial charge >= 0.3 is 6.01 Å². The van der Waals surface area contributed by atoms with E-state index in [-0.39, 0.29) is 0 Å². The van der Waals surface area contributed by atoms with Crippen LogP contribution in [0.1, 0.15) is 52.4 Å². The van der Waals surface area contributed by atoms with E-state index in [2.05, 4.69) is 32.6 Å². The fraction of sp³-hybridized carbons (Fsp3) is 0.786. The fourth-order valence-corrected chi connectivity index (χ4v) is 2.93. The number of rotatable bonds is 7. The normalized spacial score (nSPS) is 17.3. The Hall–Kier alpha value is -1.63. The third-order valence-electron chi connectivity index (χ3n) is 3.99. The average Bonchev–Trinajstić information content (AvgIpc) is 2.53. The van der Waals surface area contributed by atoms with Crippen LogP contribution in [0.15, 0.2) is 0 Å². The molecule has 1 saturated carbocycles. The summed E-state index contributed by atoms with van der Waals surface area (Å²) in [5.41, 5.74) is 2.45. The molecule has 4 N–H and O–H groups in total. The first kappa shape index (κ1) is 15.8. The van der Waals surface area contributed by atoms with Gasteiger partial charge in [0.2, 0.25) is 11.9 Å². The van der Waals surface area contributed by atoms with Gasteiger partial charge in [-0.15, -0.1) is 0 Å². The largest absolute Gasteiger partial charge is 0.464 e. The molecule has 2 rings (SSSR count). The molecular weight excluding hydrogens is 268 g/mol. The van der Waals surface area contributed by atoms with E-state index >= 15 is 0 Å². The maximum atomic E-state index is 5.40. The van der Waals surface area contributed by atoms with Crippen LogP contribution < -0.4 is 21.3 Å². The van der Waals surface area contributed by atoms with Crippen LogP contribution in [0.25, 0.3) is 0 Å². The van der Waals surface area contributed by atoms with Crippen molar-refractivity contribution in [3.8, 4) is 6.01 Å². The lowest BCUT2D eigenvalue weighted by molar-refractivity contribution is 0.306. The predicted octanol–water partition coefficient (Wildman–Crippen LogP) is 2.33. The first-order chi connectivity index (χ1) is 10.3. The van der Waals surface area contributed by atoms with E-state index in [0.29, 0.717) is 36.5 Å². The lowest BCUT2D eigenvalue weighted by Gasteiger charge is -2.30. The Balaban J connectivity index is 2.09. The summed E-state index contributed by atoms with van der Waals surface area (Å²) in [5, 5.41) is 3.43. The minimum absolute atomic E-state index is 0.293. The van der Waals surface area contributed by atoms with E-state index < -0.39 is 0 Å². The Kier molecular flexibility index (Phi) is 5.98. The SMILES string of the molecule is CCOc1nc(NN)nc(NC(CC)C2CCCCC2)n1. The number of nitrogens with one attached hydrogen (secondary N) is 2. The zero-order valence-electron chi connectivity index (χ0n) is 12.9. The molecule has 1 aromatic rings. The van der Waals surface area contributed by atoms with Crippen LogP contribution in [0.4, 0.5) is 11.9 Å². The summed E-state index contributed by atoms with van der Waals surface area (Å²) >= 11 is 0. The molecule has 0 aromatic carbocycles. The number of nitrogen functional groups attached to an aromatic ring is 1. The second kappa shape index (κ2) is 7.97. The van der Waals surface area contributed by atoms with Crippen molar-refractivity contribution in [1.29, 1.82) is 0 Å². The topological polar surface area (TPSA) is 98.0 Å². The number of hydrogen-bond acceptors (Lipinski definition) is 7. The van der Waals surface area contributed by atoms with Crippen LogP contribution in [0, 0.1) is 5.92 Å². The smallest absolute Gasteiger partial charge is 0.323 e.